The summed E-state index contributed by atoms with van der Waals surface area (Å²) in [5.74, 6) is -0.749. The first-order chi connectivity index (χ1) is 12.0. The van der Waals surface area contributed by atoms with Gasteiger partial charge in [0.15, 0.2) is 5.69 Å². The number of rotatable bonds is 4. The van der Waals surface area contributed by atoms with E-state index in [0.29, 0.717) is 16.1 Å². The highest BCUT2D eigenvalue weighted by Gasteiger charge is 2.20. The van der Waals surface area contributed by atoms with Crippen LogP contribution in [-0.2, 0) is 4.79 Å². The lowest BCUT2D eigenvalue weighted by Crippen LogP contribution is -2.41. The number of halogens is 1. The summed E-state index contributed by atoms with van der Waals surface area (Å²) in [6, 6.07) is 11.8. The van der Waals surface area contributed by atoms with E-state index in [-0.39, 0.29) is 11.6 Å². The van der Waals surface area contributed by atoms with E-state index in [1.807, 2.05) is 25.1 Å². The van der Waals surface area contributed by atoms with Gasteiger partial charge in [0.1, 0.15) is 6.04 Å². The molecular weight excluding hydrogens is 340 g/mol. The molecular formula is C18H17ClN4O2. The van der Waals surface area contributed by atoms with Gasteiger partial charge < -0.3 is 10.6 Å². The molecule has 0 bridgehead atoms. The van der Waals surface area contributed by atoms with E-state index in [0.717, 1.165) is 11.1 Å². The Kier molecular flexibility index (Phi) is 4.72. The number of carbonyl (C=O) groups excluding carboxylic acids is 2. The maximum absolute atomic E-state index is 12.4. The fourth-order valence-corrected chi connectivity index (χ4v) is 2.63. The van der Waals surface area contributed by atoms with Crippen molar-refractivity contribution in [3.8, 4) is 0 Å². The van der Waals surface area contributed by atoms with Crippen LogP contribution in [-0.4, -0.2) is 28.1 Å². The third kappa shape index (κ3) is 3.49. The Morgan fingerprint density at radius 2 is 1.92 bits per heavy atom. The van der Waals surface area contributed by atoms with Gasteiger partial charge in [-0.1, -0.05) is 35.9 Å². The molecule has 1 aromatic heterocycles. The topological polar surface area (TPSA) is 86.9 Å². The van der Waals surface area contributed by atoms with Gasteiger partial charge in [0, 0.05) is 16.1 Å². The molecule has 1 heterocycles. The standard InChI is InChI=1S/C18H17ClN4O2/c1-10-13(19)7-5-9-14(10)21-17(24)11(2)20-18(25)16-12-6-3-4-8-15(12)22-23-16/h3-9,11H,1-2H3,(H,20,25)(H,21,24)(H,22,23). The van der Waals surface area contributed by atoms with Gasteiger partial charge in [0.25, 0.3) is 5.91 Å². The van der Waals surface area contributed by atoms with Crippen LogP contribution in [0.25, 0.3) is 10.9 Å². The van der Waals surface area contributed by atoms with Crippen LogP contribution in [0.1, 0.15) is 23.0 Å². The predicted octanol–water partition coefficient (Wildman–Crippen LogP) is 3.28. The number of hydrogen-bond donors (Lipinski definition) is 3. The molecule has 25 heavy (non-hydrogen) atoms. The molecule has 3 N–H and O–H groups in total. The second kappa shape index (κ2) is 6.94. The zero-order valence-electron chi connectivity index (χ0n) is 13.8. The smallest absolute Gasteiger partial charge is 0.273 e. The van der Waals surface area contributed by atoms with Crippen molar-refractivity contribution >= 4 is 40.0 Å². The third-order valence-corrected chi connectivity index (χ3v) is 4.36. The Bertz CT molecular complexity index is 951. The first kappa shape index (κ1) is 17.0. The van der Waals surface area contributed by atoms with Gasteiger partial charge in [0.05, 0.1) is 5.52 Å². The minimum absolute atomic E-state index is 0.259. The average molecular weight is 357 g/mol. The van der Waals surface area contributed by atoms with Gasteiger partial charge in [-0.25, -0.2) is 0 Å². The first-order valence-electron chi connectivity index (χ1n) is 7.77. The van der Waals surface area contributed by atoms with E-state index in [9.17, 15) is 9.59 Å². The van der Waals surface area contributed by atoms with Crippen LogP contribution >= 0.6 is 11.6 Å². The number of amides is 2. The summed E-state index contributed by atoms with van der Waals surface area (Å²) in [6.07, 6.45) is 0. The molecule has 7 heteroatoms. The van der Waals surface area contributed by atoms with Crippen LogP contribution in [0.4, 0.5) is 5.69 Å². The summed E-state index contributed by atoms with van der Waals surface area (Å²) in [4.78, 5) is 24.8. The Balaban J connectivity index is 1.71. The molecule has 3 rings (SSSR count). The number of para-hydroxylation sites is 1. The fourth-order valence-electron chi connectivity index (χ4n) is 2.45. The predicted molar refractivity (Wildman–Crippen MR) is 97.8 cm³/mol. The molecule has 0 radical (unpaired) electrons. The van der Waals surface area contributed by atoms with Crippen molar-refractivity contribution in [2.24, 2.45) is 0 Å². The second-order valence-corrected chi connectivity index (χ2v) is 6.12. The van der Waals surface area contributed by atoms with Crippen molar-refractivity contribution in [1.82, 2.24) is 15.5 Å². The molecule has 3 aromatic rings. The molecule has 1 atom stereocenters. The summed E-state index contributed by atoms with van der Waals surface area (Å²) in [7, 11) is 0. The van der Waals surface area contributed by atoms with Crippen LogP contribution in [0.3, 0.4) is 0 Å². The van der Waals surface area contributed by atoms with Crippen LogP contribution in [0.2, 0.25) is 5.02 Å². The Hall–Kier alpha value is -2.86. The lowest BCUT2D eigenvalue weighted by atomic mass is 10.1. The highest BCUT2D eigenvalue weighted by Crippen LogP contribution is 2.23. The molecule has 128 valence electrons. The highest BCUT2D eigenvalue weighted by molar-refractivity contribution is 6.31. The molecule has 0 fully saturated rings. The largest absolute Gasteiger partial charge is 0.339 e. The summed E-state index contributed by atoms with van der Waals surface area (Å²) >= 11 is 6.05. The zero-order valence-corrected chi connectivity index (χ0v) is 14.5. The van der Waals surface area contributed by atoms with E-state index in [1.54, 1.807) is 31.2 Å². The molecule has 0 aliphatic rings. The van der Waals surface area contributed by atoms with E-state index in [2.05, 4.69) is 20.8 Å². The number of aromatic amines is 1. The Labute approximate surface area is 149 Å². The summed E-state index contributed by atoms with van der Waals surface area (Å²) in [5.41, 5.74) is 2.41. The number of nitrogens with one attached hydrogen (secondary N) is 3. The molecule has 2 aromatic carbocycles. The molecule has 0 saturated carbocycles. The van der Waals surface area contributed by atoms with Gasteiger partial charge in [0.2, 0.25) is 5.91 Å². The van der Waals surface area contributed by atoms with E-state index in [1.165, 1.54) is 0 Å². The van der Waals surface area contributed by atoms with Crippen LogP contribution < -0.4 is 10.6 Å². The lowest BCUT2D eigenvalue weighted by Gasteiger charge is -2.15. The highest BCUT2D eigenvalue weighted by atomic mass is 35.5. The number of fused-ring (bicyclic) bond motifs is 1. The van der Waals surface area contributed by atoms with Gasteiger partial charge in [-0.3, -0.25) is 14.7 Å². The van der Waals surface area contributed by atoms with Crippen LogP contribution in [0.5, 0.6) is 0 Å². The molecule has 0 saturated heterocycles. The first-order valence-corrected chi connectivity index (χ1v) is 8.15. The van der Waals surface area contributed by atoms with Gasteiger partial charge in [-0.05, 0) is 37.6 Å². The SMILES string of the molecule is Cc1c(Cl)cccc1NC(=O)C(C)NC(=O)c1n[nH]c2ccccc12. The van der Waals surface area contributed by atoms with Crippen molar-refractivity contribution in [2.45, 2.75) is 19.9 Å². The molecule has 0 spiro atoms. The van der Waals surface area contributed by atoms with E-state index in [4.69, 9.17) is 11.6 Å². The van der Waals surface area contributed by atoms with Gasteiger partial charge >= 0.3 is 0 Å². The number of aromatic nitrogens is 2. The minimum atomic E-state index is -0.735. The van der Waals surface area contributed by atoms with Crippen molar-refractivity contribution < 1.29 is 9.59 Å². The van der Waals surface area contributed by atoms with Gasteiger partial charge in [-0.15, -0.1) is 0 Å². The Morgan fingerprint density at radius 3 is 2.72 bits per heavy atom. The average Bonchev–Trinajstić information content (AvgIpc) is 3.03. The number of H-pyrrole nitrogens is 1. The quantitative estimate of drug-likeness (QED) is 0.670. The monoisotopic (exact) mass is 356 g/mol. The maximum Gasteiger partial charge on any atom is 0.273 e. The van der Waals surface area contributed by atoms with Crippen LogP contribution in [0, 0.1) is 6.92 Å². The molecule has 2 amide bonds. The number of benzene rings is 2. The fraction of sp³-hybridized carbons (Fsp3) is 0.167. The number of hydrogen-bond acceptors (Lipinski definition) is 3. The number of nitrogens with zero attached hydrogens (tertiary/aromatic N) is 1. The van der Waals surface area contributed by atoms with Crippen molar-refractivity contribution in [1.29, 1.82) is 0 Å². The van der Waals surface area contributed by atoms with E-state index >= 15 is 0 Å². The minimum Gasteiger partial charge on any atom is -0.339 e. The van der Waals surface area contributed by atoms with Gasteiger partial charge in [-0.2, -0.15) is 5.10 Å². The Morgan fingerprint density at radius 1 is 1.16 bits per heavy atom. The van der Waals surface area contributed by atoms with Crippen LogP contribution in [0.15, 0.2) is 42.5 Å². The number of anilines is 1. The van der Waals surface area contributed by atoms with Crippen molar-refractivity contribution in [3.05, 3.63) is 58.7 Å². The number of carbonyl (C=O) groups is 2. The zero-order chi connectivity index (χ0) is 18.0. The van der Waals surface area contributed by atoms with Crippen molar-refractivity contribution in [3.63, 3.8) is 0 Å². The van der Waals surface area contributed by atoms with Crippen molar-refractivity contribution in [2.75, 3.05) is 5.32 Å². The lowest BCUT2D eigenvalue weighted by molar-refractivity contribution is -0.117. The molecule has 0 aliphatic carbocycles. The normalized spacial score (nSPS) is 12.0. The summed E-state index contributed by atoms with van der Waals surface area (Å²) < 4.78 is 0. The summed E-state index contributed by atoms with van der Waals surface area (Å²) in [5, 5.41) is 13.5. The third-order valence-electron chi connectivity index (χ3n) is 3.95. The molecule has 0 aliphatic heterocycles. The molecule has 1 unspecified atom stereocenters. The van der Waals surface area contributed by atoms with E-state index < -0.39 is 11.9 Å². The maximum atomic E-state index is 12.4. The molecule has 6 nitrogen and oxygen atoms in total. The summed E-state index contributed by atoms with van der Waals surface area (Å²) in [6.45, 7) is 3.43. The second-order valence-electron chi connectivity index (χ2n) is 5.71.